The van der Waals surface area contributed by atoms with Crippen LogP contribution in [0, 0.1) is 10.1 Å². The van der Waals surface area contributed by atoms with Crippen LogP contribution in [0.25, 0.3) is 0 Å². The largest absolute Gasteiger partial charge is 0.334 e. The van der Waals surface area contributed by atoms with E-state index in [9.17, 15) is 14.9 Å². The summed E-state index contributed by atoms with van der Waals surface area (Å²) in [5.74, 6) is 0. The standard InChI is InChI=1S/C7H9N3O3/c1-8-3-5-2-6(10(12)13)7(11)9-4-5/h2,4,8H,3H2,1H3,(H,9,11). The topological polar surface area (TPSA) is 88.0 Å². The molecule has 0 aliphatic heterocycles. The normalized spacial score (nSPS) is 9.92. The number of hydrogen-bond donors (Lipinski definition) is 2. The van der Waals surface area contributed by atoms with E-state index in [1.54, 1.807) is 7.05 Å². The van der Waals surface area contributed by atoms with E-state index in [0.717, 1.165) is 0 Å². The van der Waals surface area contributed by atoms with E-state index >= 15 is 0 Å². The molecule has 2 N–H and O–H groups in total. The Hall–Kier alpha value is -1.69. The Morgan fingerprint density at radius 3 is 2.92 bits per heavy atom. The zero-order valence-electron chi connectivity index (χ0n) is 7.03. The van der Waals surface area contributed by atoms with Gasteiger partial charge in [0.2, 0.25) is 0 Å². The molecule has 0 atom stereocenters. The SMILES string of the molecule is CNCc1c[nH]c(=O)c([N+](=O)[O-])c1. The summed E-state index contributed by atoms with van der Waals surface area (Å²) in [7, 11) is 1.72. The second-order valence-corrected chi connectivity index (χ2v) is 2.51. The van der Waals surface area contributed by atoms with Gasteiger partial charge in [0, 0.05) is 18.8 Å². The molecule has 0 fully saturated rings. The lowest BCUT2D eigenvalue weighted by molar-refractivity contribution is -0.386. The maximum absolute atomic E-state index is 10.9. The minimum Gasteiger partial charge on any atom is -0.323 e. The second kappa shape index (κ2) is 3.81. The van der Waals surface area contributed by atoms with Crippen LogP contribution in [-0.2, 0) is 6.54 Å². The number of hydrogen-bond acceptors (Lipinski definition) is 4. The Kier molecular flexibility index (Phi) is 2.76. The van der Waals surface area contributed by atoms with Crippen molar-refractivity contribution in [3.63, 3.8) is 0 Å². The molecule has 6 heteroatoms. The van der Waals surface area contributed by atoms with Gasteiger partial charge in [-0.2, -0.15) is 0 Å². The Balaban J connectivity index is 3.11. The zero-order chi connectivity index (χ0) is 9.84. The van der Waals surface area contributed by atoms with Gasteiger partial charge in [-0.25, -0.2) is 0 Å². The summed E-state index contributed by atoms with van der Waals surface area (Å²) >= 11 is 0. The lowest BCUT2D eigenvalue weighted by Crippen LogP contribution is -2.14. The predicted molar refractivity (Wildman–Crippen MR) is 46.5 cm³/mol. The highest BCUT2D eigenvalue weighted by Gasteiger charge is 2.11. The van der Waals surface area contributed by atoms with E-state index in [0.29, 0.717) is 12.1 Å². The molecule has 0 aliphatic carbocycles. The van der Waals surface area contributed by atoms with Gasteiger partial charge >= 0.3 is 11.2 Å². The summed E-state index contributed by atoms with van der Waals surface area (Å²) in [5, 5.41) is 13.2. The summed E-state index contributed by atoms with van der Waals surface area (Å²) in [6.07, 6.45) is 1.45. The number of aromatic amines is 1. The minimum atomic E-state index is -0.696. The van der Waals surface area contributed by atoms with Crippen molar-refractivity contribution >= 4 is 5.69 Å². The average molecular weight is 183 g/mol. The fourth-order valence-electron chi connectivity index (χ4n) is 0.957. The van der Waals surface area contributed by atoms with Crippen LogP contribution in [0.3, 0.4) is 0 Å². The monoisotopic (exact) mass is 183 g/mol. The van der Waals surface area contributed by atoms with Gasteiger partial charge in [0.05, 0.1) is 4.92 Å². The van der Waals surface area contributed by atoms with E-state index in [-0.39, 0.29) is 0 Å². The lowest BCUT2D eigenvalue weighted by Gasteiger charge is -1.97. The molecule has 0 radical (unpaired) electrons. The zero-order valence-corrected chi connectivity index (χ0v) is 7.03. The predicted octanol–water partition coefficient (Wildman–Crippen LogP) is 0.00250. The van der Waals surface area contributed by atoms with Gasteiger partial charge in [-0.1, -0.05) is 0 Å². The van der Waals surface area contributed by atoms with Gasteiger partial charge in [0.15, 0.2) is 0 Å². The highest BCUT2D eigenvalue weighted by molar-refractivity contribution is 5.29. The van der Waals surface area contributed by atoms with Crippen molar-refractivity contribution in [1.82, 2.24) is 10.3 Å². The first-order valence-electron chi connectivity index (χ1n) is 3.65. The van der Waals surface area contributed by atoms with Gasteiger partial charge in [0.25, 0.3) is 0 Å². The van der Waals surface area contributed by atoms with Gasteiger partial charge in [0.1, 0.15) is 0 Å². The summed E-state index contributed by atoms with van der Waals surface area (Å²) in [5.41, 5.74) is -0.425. The highest BCUT2D eigenvalue weighted by atomic mass is 16.6. The smallest absolute Gasteiger partial charge is 0.323 e. The first-order valence-corrected chi connectivity index (χ1v) is 3.65. The van der Waals surface area contributed by atoms with Crippen molar-refractivity contribution in [2.24, 2.45) is 0 Å². The maximum atomic E-state index is 10.9. The van der Waals surface area contributed by atoms with Gasteiger partial charge < -0.3 is 10.3 Å². The van der Waals surface area contributed by atoms with Crippen LogP contribution in [0.15, 0.2) is 17.1 Å². The van der Waals surface area contributed by atoms with Gasteiger partial charge in [-0.05, 0) is 12.6 Å². The van der Waals surface area contributed by atoms with Gasteiger partial charge in [-0.15, -0.1) is 0 Å². The minimum absolute atomic E-state index is 0.423. The molecule has 0 spiro atoms. The molecule has 0 unspecified atom stereocenters. The Morgan fingerprint density at radius 1 is 1.69 bits per heavy atom. The van der Waals surface area contributed by atoms with Crippen LogP contribution in [-0.4, -0.2) is 17.0 Å². The van der Waals surface area contributed by atoms with Crippen LogP contribution < -0.4 is 10.9 Å². The molecule has 0 aliphatic rings. The van der Waals surface area contributed by atoms with E-state index in [4.69, 9.17) is 0 Å². The molecule has 0 aromatic carbocycles. The van der Waals surface area contributed by atoms with Crippen LogP contribution in [0.1, 0.15) is 5.56 Å². The van der Waals surface area contributed by atoms with Crippen LogP contribution in [0.2, 0.25) is 0 Å². The Bertz CT molecular complexity index is 371. The highest BCUT2D eigenvalue weighted by Crippen LogP contribution is 2.05. The van der Waals surface area contributed by atoms with Crippen molar-refractivity contribution < 1.29 is 4.92 Å². The number of rotatable bonds is 3. The van der Waals surface area contributed by atoms with E-state index in [1.807, 2.05) is 0 Å². The molecule has 13 heavy (non-hydrogen) atoms. The molecule has 6 nitrogen and oxygen atoms in total. The third-order valence-corrected chi connectivity index (χ3v) is 1.52. The number of nitro groups is 1. The van der Waals surface area contributed by atoms with Crippen molar-refractivity contribution in [1.29, 1.82) is 0 Å². The van der Waals surface area contributed by atoms with Crippen molar-refractivity contribution in [2.45, 2.75) is 6.54 Å². The van der Waals surface area contributed by atoms with Crippen LogP contribution in [0.5, 0.6) is 0 Å². The first kappa shape index (κ1) is 9.40. The number of H-pyrrole nitrogens is 1. The van der Waals surface area contributed by atoms with Gasteiger partial charge in [-0.3, -0.25) is 14.9 Å². The summed E-state index contributed by atoms with van der Waals surface area (Å²) < 4.78 is 0. The second-order valence-electron chi connectivity index (χ2n) is 2.51. The first-order chi connectivity index (χ1) is 6.15. The summed E-state index contributed by atoms with van der Waals surface area (Å²) in [6, 6.07) is 1.26. The van der Waals surface area contributed by atoms with E-state index in [2.05, 4.69) is 10.3 Å². The molecule has 0 bridgehead atoms. The fourth-order valence-corrected chi connectivity index (χ4v) is 0.957. The average Bonchev–Trinajstić information content (AvgIpc) is 2.08. The van der Waals surface area contributed by atoms with Crippen molar-refractivity contribution in [2.75, 3.05) is 7.05 Å². The molecule has 70 valence electrons. The summed E-state index contributed by atoms with van der Waals surface area (Å²) in [6.45, 7) is 0.484. The maximum Gasteiger partial charge on any atom is 0.334 e. The molecule has 1 aromatic heterocycles. The van der Waals surface area contributed by atoms with Crippen molar-refractivity contribution in [3.05, 3.63) is 38.3 Å². The lowest BCUT2D eigenvalue weighted by atomic mass is 10.2. The fraction of sp³-hybridized carbons (Fsp3) is 0.286. The Morgan fingerprint density at radius 2 is 2.38 bits per heavy atom. The number of nitrogens with one attached hydrogen (secondary N) is 2. The molecule has 0 saturated carbocycles. The Labute approximate surface area is 73.7 Å². The molecular weight excluding hydrogens is 174 g/mol. The number of pyridine rings is 1. The third kappa shape index (κ3) is 2.12. The third-order valence-electron chi connectivity index (χ3n) is 1.52. The van der Waals surface area contributed by atoms with E-state index in [1.165, 1.54) is 12.3 Å². The quantitative estimate of drug-likeness (QED) is 0.510. The number of nitrogens with zero attached hydrogens (tertiary/aromatic N) is 1. The molecule has 0 amide bonds. The molecule has 1 aromatic rings. The number of aromatic nitrogens is 1. The molecule has 0 saturated heterocycles. The molecule has 1 heterocycles. The van der Waals surface area contributed by atoms with Crippen molar-refractivity contribution in [3.8, 4) is 0 Å². The molecule has 1 rings (SSSR count). The van der Waals surface area contributed by atoms with E-state index < -0.39 is 16.2 Å². The van der Waals surface area contributed by atoms with Crippen LogP contribution >= 0.6 is 0 Å². The van der Waals surface area contributed by atoms with Crippen LogP contribution in [0.4, 0.5) is 5.69 Å². The molecular formula is C7H9N3O3. The summed E-state index contributed by atoms with van der Waals surface area (Å²) in [4.78, 5) is 22.8.